The summed E-state index contributed by atoms with van der Waals surface area (Å²) in [5.41, 5.74) is -0.486. The number of ether oxygens (including phenoxy) is 1. The Morgan fingerprint density at radius 3 is 2.53 bits per heavy atom. The Hall–Kier alpha value is -0.620. The molecule has 0 aromatic carbocycles. The summed E-state index contributed by atoms with van der Waals surface area (Å²) in [6.45, 7) is 1.87. The normalized spacial score (nSPS) is 33.3. The predicted octanol–water partition coefficient (Wildman–Crippen LogP) is 0.105. The van der Waals surface area contributed by atoms with Crippen molar-refractivity contribution < 1.29 is 17.9 Å². The van der Waals surface area contributed by atoms with Gasteiger partial charge < -0.3 is 4.74 Å². The summed E-state index contributed by atoms with van der Waals surface area (Å²) in [6, 6.07) is -0.349. The first-order valence-corrected chi connectivity index (χ1v) is 7.73. The molecule has 1 aliphatic carbocycles. The molecule has 2 rings (SSSR count). The highest BCUT2D eigenvalue weighted by Crippen LogP contribution is 2.35. The van der Waals surface area contributed by atoms with E-state index in [4.69, 9.17) is 4.74 Å². The van der Waals surface area contributed by atoms with Gasteiger partial charge in [0.15, 0.2) is 9.84 Å². The molecule has 1 aliphatic heterocycles. The van der Waals surface area contributed by atoms with Crippen LogP contribution in [-0.2, 0) is 19.4 Å². The Morgan fingerprint density at radius 1 is 1.47 bits per heavy atom. The number of nitrogens with one attached hydrogen (secondary N) is 1. The minimum absolute atomic E-state index is 0.111. The molecule has 0 aromatic rings. The van der Waals surface area contributed by atoms with Crippen molar-refractivity contribution in [2.75, 3.05) is 18.6 Å². The second-order valence-corrected chi connectivity index (χ2v) is 7.57. The summed E-state index contributed by atoms with van der Waals surface area (Å²) < 4.78 is 27.8. The Kier molecular flexibility index (Phi) is 3.20. The zero-order chi connectivity index (χ0) is 12.7. The number of methoxy groups -OCH3 is 1. The van der Waals surface area contributed by atoms with Crippen molar-refractivity contribution in [2.45, 2.75) is 37.8 Å². The molecule has 2 unspecified atom stereocenters. The number of carbonyl (C=O) groups is 1. The molecule has 17 heavy (non-hydrogen) atoms. The fourth-order valence-corrected chi connectivity index (χ4v) is 4.53. The van der Waals surface area contributed by atoms with Gasteiger partial charge in [0.25, 0.3) is 0 Å². The molecule has 98 valence electrons. The lowest BCUT2D eigenvalue weighted by molar-refractivity contribution is -0.144. The highest BCUT2D eigenvalue weighted by atomic mass is 32.2. The van der Waals surface area contributed by atoms with E-state index in [1.807, 2.05) is 6.92 Å². The quantitative estimate of drug-likeness (QED) is 0.727. The molecule has 0 bridgehead atoms. The Labute approximate surface area is 102 Å². The van der Waals surface area contributed by atoms with Crippen LogP contribution in [0.25, 0.3) is 0 Å². The third kappa shape index (κ3) is 2.98. The van der Waals surface area contributed by atoms with Gasteiger partial charge in [-0.25, -0.2) is 8.42 Å². The summed E-state index contributed by atoms with van der Waals surface area (Å²) >= 11 is 0. The van der Waals surface area contributed by atoms with Gasteiger partial charge in [-0.15, -0.1) is 0 Å². The van der Waals surface area contributed by atoms with Crippen LogP contribution in [0.1, 0.15) is 26.2 Å². The Morgan fingerprint density at radius 2 is 2.12 bits per heavy atom. The fraction of sp³-hybridized carbons (Fsp3) is 0.909. The van der Waals surface area contributed by atoms with Gasteiger partial charge in [0.2, 0.25) is 0 Å². The summed E-state index contributed by atoms with van der Waals surface area (Å²) in [5, 5.41) is 3.21. The molecule has 1 saturated carbocycles. The van der Waals surface area contributed by atoms with Crippen LogP contribution in [0.3, 0.4) is 0 Å². The summed E-state index contributed by atoms with van der Waals surface area (Å²) in [6.07, 6.45) is 2.58. The van der Waals surface area contributed by atoms with Crippen molar-refractivity contribution >= 4 is 15.8 Å². The van der Waals surface area contributed by atoms with Crippen molar-refractivity contribution in [2.24, 2.45) is 5.92 Å². The maximum atomic E-state index is 11.7. The van der Waals surface area contributed by atoms with Gasteiger partial charge >= 0.3 is 5.97 Å². The smallest absolute Gasteiger partial charge is 0.323 e. The number of carbonyl (C=O) groups excluding carboxylic acids is 1. The van der Waals surface area contributed by atoms with Crippen molar-refractivity contribution in [3.05, 3.63) is 0 Å². The summed E-state index contributed by atoms with van der Waals surface area (Å²) in [7, 11) is -1.58. The first-order chi connectivity index (χ1) is 7.85. The third-order valence-corrected chi connectivity index (χ3v) is 5.46. The highest BCUT2D eigenvalue weighted by molar-refractivity contribution is 7.91. The predicted molar refractivity (Wildman–Crippen MR) is 63.3 cm³/mol. The average Bonchev–Trinajstić information content (AvgIpc) is 3.02. The van der Waals surface area contributed by atoms with Crippen molar-refractivity contribution in [3.63, 3.8) is 0 Å². The van der Waals surface area contributed by atoms with Gasteiger partial charge in [-0.05, 0) is 32.1 Å². The van der Waals surface area contributed by atoms with Crippen molar-refractivity contribution in [1.82, 2.24) is 5.32 Å². The molecular weight excluding hydrogens is 242 g/mol. The average molecular weight is 261 g/mol. The molecule has 6 heteroatoms. The van der Waals surface area contributed by atoms with Crippen LogP contribution in [0.15, 0.2) is 0 Å². The zero-order valence-corrected chi connectivity index (χ0v) is 11.0. The van der Waals surface area contributed by atoms with Crippen LogP contribution in [0.4, 0.5) is 0 Å². The standard InChI is InChI=1S/C11H19NO4S/c1-11(5-6-17(14,15)7-11)12-9(8-3-4-8)10(13)16-2/h8-9,12H,3-7H2,1-2H3. The maximum Gasteiger partial charge on any atom is 0.323 e. The van der Waals surface area contributed by atoms with Gasteiger partial charge in [-0.2, -0.15) is 0 Å². The molecular formula is C11H19NO4S. The Bertz CT molecular complexity index is 415. The molecule has 0 spiro atoms. The van der Waals surface area contributed by atoms with Crippen LogP contribution in [0.5, 0.6) is 0 Å². The highest BCUT2D eigenvalue weighted by Gasteiger charge is 2.45. The molecule has 0 radical (unpaired) electrons. The van der Waals surface area contributed by atoms with E-state index >= 15 is 0 Å². The molecule has 1 N–H and O–H groups in total. The zero-order valence-electron chi connectivity index (χ0n) is 10.2. The molecule has 2 fully saturated rings. The number of esters is 1. The SMILES string of the molecule is COC(=O)C(NC1(C)CCS(=O)(=O)C1)C1CC1. The second kappa shape index (κ2) is 4.24. The van der Waals surface area contributed by atoms with E-state index in [0.717, 1.165) is 12.8 Å². The van der Waals surface area contributed by atoms with Crippen LogP contribution < -0.4 is 5.32 Å². The van der Waals surface area contributed by atoms with E-state index in [0.29, 0.717) is 12.3 Å². The first-order valence-electron chi connectivity index (χ1n) is 5.91. The van der Waals surface area contributed by atoms with Crippen LogP contribution in [-0.4, -0.2) is 44.6 Å². The van der Waals surface area contributed by atoms with E-state index < -0.39 is 15.4 Å². The van der Waals surface area contributed by atoms with E-state index in [1.165, 1.54) is 7.11 Å². The molecule has 5 nitrogen and oxygen atoms in total. The maximum absolute atomic E-state index is 11.7. The van der Waals surface area contributed by atoms with Gasteiger partial charge in [0.1, 0.15) is 6.04 Å². The number of rotatable bonds is 4. The number of hydrogen-bond donors (Lipinski definition) is 1. The lowest BCUT2D eigenvalue weighted by Gasteiger charge is -2.29. The van der Waals surface area contributed by atoms with E-state index in [2.05, 4.69) is 5.32 Å². The molecule has 0 amide bonds. The van der Waals surface area contributed by atoms with E-state index in [-0.39, 0.29) is 23.5 Å². The summed E-state index contributed by atoms with van der Waals surface area (Å²) in [5.74, 6) is 0.343. The molecule has 1 heterocycles. The molecule has 2 aliphatic rings. The van der Waals surface area contributed by atoms with Gasteiger partial charge in [0, 0.05) is 5.54 Å². The molecule has 2 atom stereocenters. The van der Waals surface area contributed by atoms with Gasteiger partial charge in [-0.3, -0.25) is 10.1 Å². The number of sulfone groups is 1. The van der Waals surface area contributed by atoms with Crippen LogP contribution >= 0.6 is 0 Å². The van der Waals surface area contributed by atoms with E-state index in [1.54, 1.807) is 0 Å². The Balaban J connectivity index is 2.05. The monoisotopic (exact) mass is 261 g/mol. The second-order valence-electron chi connectivity index (χ2n) is 5.39. The topological polar surface area (TPSA) is 72.5 Å². The molecule has 0 aromatic heterocycles. The van der Waals surface area contributed by atoms with E-state index in [9.17, 15) is 13.2 Å². The van der Waals surface area contributed by atoms with Crippen molar-refractivity contribution in [1.29, 1.82) is 0 Å². The van der Waals surface area contributed by atoms with Gasteiger partial charge in [-0.1, -0.05) is 0 Å². The number of hydrogen-bond acceptors (Lipinski definition) is 5. The molecule has 1 saturated heterocycles. The fourth-order valence-electron chi connectivity index (χ4n) is 2.43. The first kappa shape index (κ1) is 12.8. The largest absolute Gasteiger partial charge is 0.468 e. The van der Waals surface area contributed by atoms with Gasteiger partial charge in [0.05, 0.1) is 18.6 Å². The van der Waals surface area contributed by atoms with Crippen molar-refractivity contribution in [3.8, 4) is 0 Å². The lowest BCUT2D eigenvalue weighted by Crippen LogP contribution is -2.53. The minimum atomic E-state index is -2.95. The third-order valence-electron chi connectivity index (χ3n) is 3.56. The lowest BCUT2D eigenvalue weighted by atomic mass is 9.99. The minimum Gasteiger partial charge on any atom is -0.468 e. The summed E-state index contributed by atoms with van der Waals surface area (Å²) in [4.78, 5) is 11.7. The van der Waals surface area contributed by atoms with Crippen LogP contribution in [0.2, 0.25) is 0 Å². The van der Waals surface area contributed by atoms with Crippen LogP contribution in [0, 0.1) is 5.92 Å².